The number of anilines is 3. The minimum atomic E-state index is -0.489. The van der Waals surface area contributed by atoms with Crippen molar-refractivity contribution >= 4 is 28.7 Å². The van der Waals surface area contributed by atoms with Crippen LogP contribution in [0.3, 0.4) is 0 Å². The third-order valence-electron chi connectivity index (χ3n) is 3.55. The van der Waals surface area contributed by atoms with Crippen LogP contribution in [0, 0.1) is 0 Å². The lowest BCUT2D eigenvalue weighted by Crippen LogP contribution is -2.18. The second-order valence-corrected chi connectivity index (χ2v) is 6.41. The summed E-state index contributed by atoms with van der Waals surface area (Å²) >= 11 is 0. The number of hydrogen-bond donors (Lipinski definition) is 4. The van der Waals surface area contributed by atoms with E-state index in [0.717, 1.165) is 29.6 Å². The van der Waals surface area contributed by atoms with Gasteiger partial charge in [-0.25, -0.2) is 15.0 Å². The average molecular weight is 359 g/mol. The fourth-order valence-electron chi connectivity index (χ4n) is 2.40. The summed E-state index contributed by atoms with van der Waals surface area (Å²) in [6.45, 7) is 13.4. The number of aromatic nitrogens is 4. The quantitative estimate of drug-likeness (QED) is 0.480. The van der Waals surface area contributed by atoms with E-state index in [0.29, 0.717) is 42.9 Å². The highest BCUT2D eigenvalue weighted by Gasteiger charge is 2.15. The van der Waals surface area contributed by atoms with E-state index in [-0.39, 0.29) is 0 Å². The first-order chi connectivity index (χ1) is 12.4. The summed E-state index contributed by atoms with van der Waals surface area (Å²) in [5.74, 6) is 1.66. The molecule has 0 aliphatic rings. The largest absolute Gasteiger partial charge is 0.392 e. The Labute approximate surface area is 154 Å². The van der Waals surface area contributed by atoms with E-state index in [9.17, 15) is 5.11 Å². The lowest BCUT2D eigenvalue weighted by Gasteiger charge is -2.14. The Morgan fingerprint density at radius 3 is 2.35 bits per heavy atom. The van der Waals surface area contributed by atoms with Gasteiger partial charge in [-0.3, -0.25) is 0 Å². The predicted molar refractivity (Wildman–Crippen MR) is 107 cm³/mol. The molecule has 0 radical (unpaired) electrons. The van der Waals surface area contributed by atoms with E-state index < -0.39 is 6.10 Å². The highest BCUT2D eigenvalue weighted by Crippen LogP contribution is 2.25. The first kappa shape index (κ1) is 19.8. The zero-order valence-electron chi connectivity index (χ0n) is 16.1. The maximum Gasteiger partial charge on any atom is 0.225 e. The Morgan fingerprint density at radius 1 is 1.04 bits per heavy atom. The molecule has 2 aromatic rings. The molecule has 0 aliphatic carbocycles. The van der Waals surface area contributed by atoms with Gasteiger partial charge in [0.15, 0.2) is 5.82 Å². The van der Waals surface area contributed by atoms with Gasteiger partial charge in [0.25, 0.3) is 0 Å². The normalized spacial score (nSPS) is 12.0. The van der Waals surface area contributed by atoms with Crippen molar-refractivity contribution in [2.75, 3.05) is 35.6 Å². The van der Waals surface area contributed by atoms with Crippen LogP contribution in [0.15, 0.2) is 12.2 Å². The van der Waals surface area contributed by atoms with Crippen molar-refractivity contribution in [3.63, 3.8) is 0 Å². The minimum absolute atomic E-state index is 0.374. The molecule has 2 aromatic heterocycles. The van der Waals surface area contributed by atoms with Gasteiger partial charge in [0.05, 0.1) is 11.8 Å². The number of hydrogen-bond acceptors (Lipinski definition) is 8. The topological polar surface area (TPSA) is 108 Å². The molecule has 0 spiro atoms. The molecule has 8 heteroatoms. The van der Waals surface area contributed by atoms with Gasteiger partial charge in [-0.15, -0.1) is 0 Å². The molecule has 2 heterocycles. The highest BCUT2D eigenvalue weighted by atomic mass is 16.3. The minimum Gasteiger partial charge on any atom is -0.392 e. The first-order valence-electron chi connectivity index (χ1n) is 9.07. The number of rotatable bonds is 10. The molecule has 0 bridgehead atoms. The fraction of sp³-hybridized carbons (Fsp3) is 0.556. The smallest absolute Gasteiger partial charge is 0.225 e. The number of aliphatic hydroxyl groups excluding tert-OH is 1. The van der Waals surface area contributed by atoms with Gasteiger partial charge in [-0.1, -0.05) is 25.5 Å². The van der Waals surface area contributed by atoms with Gasteiger partial charge in [-0.05, 0) is 27.2 Å². The Balaban J connectivity index is 2.53. The van der Waals surface area contributed by atoms with Crippen LogP contribution in [0.2, 0.25) is 0 Å². The maximum atomic E-state index is 9.50. The Bertz CT molecular complexity index is 761. The van der Waals surface area contributed by atoms with Crippen molar-refractivity contribution < 1.29 is 5.11 Å². The second-order valence-electron chi connectivity index (χ2n) is 6.41. The second kappa shape index (κ2) is 9.28. The molecular formula is C18H29N7O. The number of aryl methyl sites for hydroxylation is 1. The molecule has 142 valence electrons. The average Bonchev–Trinajstić information content (AvgIpc) is 2.59. The van der Waals surface area contributed by atoms with E-state index in [4.69, 9.17) is 0 Å². The van der Waals surface area contributed by atoms with Crippen molar-refractivity contribution in [2.24, 2.45) is 0 Å². The molecule has 0 amide bonds. The van der Waals surface area contributed by atoms with Crippen LogP contribution in [0.5, 0.6) is 0 Å². The monoisotopic (exact) mass is 359 g/mol. The number of fused-ring (bicyclic) bond motifs is 1. The van der Waals surface area contributed by atoms with E-state index in [1.165, 1.54) is 0 Å². The lowest BCUT2D eigenvalue weighted by atomic mass is 10.2. The van der Waals surface area contributed by atoms with E-state index in [1.54, 1.807) is 6.92 Å². The zero-order chi connectivity index (χ0) is 19.1. The van der Waals surface area contributed by atoms with Crippen LogP contribution in [0.25, 0.3) is 11.0 Å². The third-order valence-corrected chi connectivity index (χ3v) is 3.55. The summed E-state index contributed by atoms with van der Waals surface area (Å²) in [4.78, 5) is 18.4. The molecule has 0 aromatic carbocycles. The molecule has 8 nitrogen and oxygen atoms in total. The van der Waals surface area contributed by atoms with Crippen LogP contribution in [-0.2, 0) is 6.42 Å². The Morgan fingerprint density at radius 2 is 1.73 bits per heavy atom. The van der Waals surface area contributed by atoms with Gasteiger partial charge >= 0.3 is 0 Å². The highest BCUT2D eigenvalue weighted by molar-refractivity contribution is 5.88. The molecule has 1 atom stereocenters. The summed E-state index contributed by atoms with van der Waals surface area (Å²) in [5.41, 5.74) is 3.30. The van der Waals surface area contributed by atoms with Crippen molar-refractivity contribution in [1.29, 1.82) is 0 Å². The Hall–Kier alpha value is -2.48. The Kier molecular flexibility index (Phi) is 7.08. The molecule has 0 aliphatic heterocycles. The van der Waals surface area contributed by atoms with Crippen molar-refractivity contribution in [3.8, 4) is 0 Å². The standard InChI is InChI=1S/C18H29N7O/c1-6-8-13-14-15(24-17(22-13)20-9-11(3)4)16(19-7-2)25-18(23-14)21-10-12(5)26/h12,26H,3,6-10H2,1-2,4-5H3,(H,20,22,24)(H2,19,21,23,25)/t12-/m1/s1. The summed E-state index contributed by atoms with van der Waals surface area (Å²) in [7, 11) is 0. The molecule has 2 rings (SSSR count). The fourth-order valence-corrected chi connectivity index (χ4v) is 2.40. The molecule has 0 unspecified atom stereocenters. The molecule has 4 N–H and O–H groups in total. The van der Waals surface area contributed by atoms with Crippen molar-refractivity contribution in [2.45, 2.75) is 46.6 Å². The summed E-state index contributed by atoms with van der Waals surface area (Å²) < 4.78 is 0. The van der Waals surface area contributed by atoms with Crippen molar-refractivity contribution in [1.82, 2.24) is 19.9 Å². The van der Waals surface area contributed by atoms with Gasteiger partial charge in [0.1, 0.15) is 11.0 Å². The molecular weight excluding hydrogens is 330 g/mol. The van der Waals surface area contributed by atoms with Gasteiger partial charge in [-0.2, -0.15) is 4.98 Å². The van der Waals surface area contributed by atoms with E-state index >= 15 is 0 Å². The van der Waals surface area contributed by atoms with Crippen LogP contribution in [0.1, 0.15) is 39.8 Å². The summed E-state index contributed by atoms with van der Waals surface area (Å²) in [6.07, 6.45) is 1.25. The third kappa shape index (κ3) is 5.26. The summed E-state index contributed by atoms with van der Waals surface area (Å²) in [5, 5.41) is 19.0. The van der Waals surface area contributed by atoms with Crippen LogP contribution >= 0.6 is 0 Å². The lowest BCUT2D eigenvalue weighted by molar-refractivity contribution is 0.208. The van der Waals surface area contributed by atoms with Gasteiger partial charge in [0, 0.05) is 19.6 Å². The van der Waals surface area contributed by atoms with E-state index in [2.05, 4.69) is 49.4 Å². The van der Waals surface area contributed by atoms with Gasteiger partial charge < -0.3 is 21.1 Å². The number of nitrogens with zero attached hydrogens (tertiary/aromatic N) is 4. The van der Waals surface area contributed by atoms with Crippen molar-refractivity contribution in [3.05, 3.63) is 17.8 Å². The molecule has 26 heavy (non-hydrogen) atoms. The number of nitrogens with one attached hydrogen (secondary N) is 3. The van der Waals surface area contributed by atoms with Crippen LogP contribution < -0.4 is 16.0 Å². The van der Waals surface area contributed by atoms with Gasteiger partial charge in [0.2, 0.25) is 11.9 Å². The van der Waals surface area contributed by atoms with E-state index in [1.807, 2.05) is 13.8 Å². The maximum absolute atomic E-state index is 9.50. The molecule has 0 saturated heterocycles. The SMILES string of the molecule is C=C(C)CNc1nc(CCC)c2nc(NC[C@@H](C)O)nc(NCC)c2n1. The predicted octanol–water partition coefficient (Wildman–Crippen LogP) is 2.58. The number of aliphatic hydroxyl groups is 1. The molecule has 0 saturated carbocycles. The van der Waals surface area contributed by atoms with Crippen LogP contribution in [0.4, 0.5) is 17.7 Å². The van der Waals surface area contributed by atoms with Crippen LogP contribution in [-0.4, -0.2) is 50.8 Å². The zero-order valence-corrected chi connectivity index (χ0v) is 16.1. The first-order valence-corrected chi connectivity index (χ1v) is 9.07. The summed E-state index contributed by atoms with van der Waals surface area (Å²) in [6, 6.07) is 0. The molecule has 0 fully saturated rings.